The number of aryl methyl sites for hydroxylation is 3. The molecule has 0 fully saturated rings. The fourth-order valence-corrected chi connectivity index (χ4v) is 12.1. The Morgan fingerprint density at radius 1 is 0.493 bits per heavy atom. The zero-order chi connectivity index (χ0) is 52.0. The molecule has 0 spiro atoms. The second-order valence-electron chi connectivity index (χ2n) is 24.5. The topological polar surface area (TPSA) is 33.8 Å². The van der Waals surface area contributed by atoms with Crippen LogP contribution >= 0.6 is 0 Å². The molecule has 0 aliphatic carbocycles. The Hall–Kier alpha value is -7.96. The number of nitrogens with zero attached hydrogens (tertiary/aromatic N) is 3. The minimum absolute atomic E-state index is 0.0175. The minimum atomic E-state index is -0.0868. The molecule has 370 valence electrons. The largest absolute Gasteiger partial charge is 0.458 e. The van der Waals surface area contributed by atoms with Crippen LogP contribution in [0.1, 0.15) is 90.1 Å². The summed E-state index contributed by atoms with van der Waals surface area (Å²) < 4.78 is 16.1. The molecule has 0 bridgehead atoms. The van der Waals surface area contributed by atoms with Gasteiger partial charge in [-0.15, -0.1) is 0 Å². The molecule has 11 aromatic rings. The number of rotatable bonds is 5. The van der Waals surface area contributed by atoms with Crippen LogP contribution in [0.25, 0.3) is 54.9 Å². The molecule has 13 rings (SSSR count). The predicted molar refractivity (Wildman–Crippen MR) is 319 cm³/mol. The van der Waals surface area contributed by atoms with Gasteiger partial charge in [-0.05, 0) is 159 Å². The number of furan rings is 1. The Morgan fingerprint density at radius 3 is 1.89 bits per heavy atom. The van der Waals surface area contributed by atoms with Crippen molar-refractivity contribution in [2.75, 3.05) is 9.80 Å². The number of anilines is 6. The first-order chi connectivity index (χ1) is 35.8. The van der Waals surface area contributed by atoms with Crippen LogP contribution < -0.4 is 30.9 Å². The lowest BCUT2D eigenvalue weighted by Gasteiger charge is -2.41. The molecule has 0 atom stereocenters. The number of hydrogen-bond acceptors (Lipinski definition) is 4. The summed E-state index contributed by atoms with van der Waals surface area (Å²) in [6.45, 7) is 25.1. The highest BCUT2D eigenvalue weighted by atomic mass is 16.5. The van der Waals surface area contributed by atoms with Crippen molar-refractivity contribution in [2.24, 2.45) is 7.05 Å². The zero-order valence-electron chi connectivity index (χ0n) is 45.4. The lowest BCUT2D eigenvalue weighted by atomic mass is 9.33. The van der Waals surface area contributed by atoms with E-state index in [1.54, 1.807) is 0 Å². The quantitative estimate of drug-likeness (QED) is 0.161. The van der Waals surface area contributed by atoms with Crippen LogP contribution in [0.15, 0.2) is 174 Å². The molecule has 0 N–H and O–H groups in total. The maximum Gasteiger partial charge on any atom is 0.256 e. The fraction of sp³-hybridized carbons (Fsp3) is 0.217. The minimum Gasteiger partial charge on any atom is -0.458 e. The highest BCUT2D eigenvalue weighted by Gasteiger charge is 2.44. The van der Waals surface area contributed by atoms with Crippen LogP contribution in [0.5, 0.6) is 11.5 Å². The molecule has 4 heterocycles. The summed E-state index contributed by atoms with van der Waals surface area (Å²) in [5, 5.41) is 4.57. The van der Waals surface area contributed by atoms with Gasteiger partial charge in [0.25, 0.3) is 6.71 Å². The summed E-state index contributed by atoms with van der Waals surface area (Å²) in [6, 6.07) is 63.8. The number of fused-ring (bicyclic) bond motifs is 10. The van der Waals surface area contributed by atoms with Crippen LogP contribution in [-0.2, 0) is 23.3 Å². The Labute approximate surface area is 442 Å². The highest BCUT2D eigenvalue weighted by molar-refractivity contribution is 6.99. The Kier molecular flexibility index (Phi) is 10.3. The Balaban J connectivity index is 1.15. The van der Waals surface area contributed by atoms with E-state index in [1.807, 2.05) is 6.07 Å². The van der Waals surface area contributed by atoms with Crippen molar-refractivity contribution in [3.05, 3.63) is 198 Å². The molecule has 2 aromatic heterocycles. The lowest BCUT2D eigenvalue weighted by molar-refractivity contribution is 0.486. The van der Waals surface area contributed by atoms with Crippen LogP contribution in [0, 0.1) is 13.8 Å². The molecule has 2 aliphatic rings. The second-order valence-corrected chi connectivity index (χ2v) is 24.5. The lowest BCUT2D eigenvalue weighted by Crippen LogP contribution is -2.60. The van der Waals surface area contributed by atoms with Gasteiger partial charge in [0.15, 0.2) is 0 Å². The van der Waals surface area contributed by atoms with E-state index in [4.69, 9.17) is 9.15 Å². The van der Waals surface area contributed by atoms with Crippen molar-refractivity contribution in [3.8, 4) is 22.6 Å². The molecular formula is C69H64BN3O2. The van der Waals surface area contributed by atoms with Crippen molar-refractivity contribution < 1.29 is 9.15 Å². The summed E-state index contributed by atoms with van der Waals surface area (Å²) in [7, 11) is 2.22. The molecular weight excluding hydrogens is 914 g/mol. The van der Waals surface area contributed by atoms with Gasteiger partial charge in [-0.2, -0.15) is 0 Å². The van der Waals surface area contributed by atoms with E-state index in [0.717, 1.165) is 78.6 Å². The summed E-state index contributed by atoms with van der Waals surface area (Å²) in [4.78, 5) is 5.04. The van der Waals surface area contributed by atoms with E-state index in [0.29, 0.717) is 0 Å². The predicted octanol–water partition coefficient (Wildman–Crippen LogP) is 17.3. The fourth-order valence-electron chi connectivity index (χ4n) is 12.1. The molecule has 6 heteroatoms. The van der Waals surface area contributed by atoms with Gasteiger partial charge in [0.1, 0.15) is 22.7 Å². The molecule has 2 aliphatic heterocycles. The van der Waals surface area contributed by atoms with Crippen LogP contribution in [0.2, 0.25) is 0 Å². The van der Waals surface area contributed by atoms with Gasteiger partial charge in [0.05, 0.1) is 16.9 Å². The molecule has 9 aromatic carbocycles. The molecule has 75 heavy (non-hydrogen) atoms. The van der Waals surface area contributed by atoms with Crippen LogP contribution in [-0.4, -0.2) is 11.3 Å². The third-order valence-electron chi connectivity index (χ3n) is 16.3. The van der Waals surface area contributed by atoms with Crippen LogP contribution in [0.4, 0.5) is 34.1 Å². The Morgan fingerprint density at radius 2 is 1.15 bits per heavy atom. The summed E-state index contributed by atoms with van der Waals surface area (Å²) in [5.41, 5.74) is 22.8. The molecule has 5 nitrogen and oxygen atoms in total. The van der Waals surface area contributed by atoms with Crippen molar-refractivity contribution in [2.45, 2.75) is 92.4 Å². The van der Waals surface area contributed by atoms with Gasteiger partial charge >= 0.3 is 0 Å². The Bertz CT molecular complexity index is 4150. The smallest absolute Gasteiger partial charge is 0.256 e. The molecule has 0 amide bonds. The second kappa shape index (κ2) is 16.5. The molecule has 0 saturated heterocycles. The van der Waals surface area contributed by atoms with E-state index in [1.165, 1.54) is 66.1 Å². The van der Waals surface area contributed by atoms with E-state index in [-0.39, 0.29) is 23.0 Å². The summed E-state index contributed by atoms with van der Waals surface area (Å²) in [6.07, 6.45) is 0. The van der Waals surface area contributed by atoms with Gasteiger partial charge in [-0.3, -0.25) is 0 Å². The number of para-hydroxylation sites is 2. The number of ether oxygens (including phenoxy) is 1. The van der Waals surface area contributed by atoms with Crippen LogP contribution in [0.3, 0.4) is 0 Å². The van der Waals surface area contributed by atoms with E-state index in [2.05, 4.69) is 261 Å². The third-order valence-corrected chi connectivity index (χ3v) is 16.3. The molecule has 0 unspecified atom stereocenters. The van der Waals surface area contributed by atoms with Gasteiger partial charge in [-0.25, -0.2) is 0 Å². The summed E-state index contributed by atoms with van der Waals surface area (Å²) >= 11 is 0. The van der Waals surface area contributed by atoms with E-state index in [9.17, 15) is 0 Å². The number of hydrogen-bond donors (Lipinski definition) is 0. The monoisotopic (exact) mass is 978 g/mol. The van der Waals surface area contributed by atoms with Crippen molar-refractivity contribution >= 4 is 101 Å². The SMILES string of the molecule is Cc1ccc(C)c(-c2cc3c4c(c2)N(c2cc(N(c5ccc(C(C)(C)C)cc5)c5ccc6oc7ccccc7c6c5)c5c6ccccc6n(C)c5c2)c2ccc(C(C)(C)C)cc2B4c2cc(C(C)(C)C)ccc2O3)c1. The van der Waals surface area contributed by atoms with Crippen molar-refractivity contribution in [3.63, 3.8) is 0 Å². The maximum atomic E-state index is 7.27. The highest BCUT2D eigenvalue weighted by Crippen LogP contribution is 2.51. The number of aromatic nitrogens is 1. The maximum absolute atomic E-state index is 7.27. The van der Waals surface area contributed by atoms with Crippen molar-refractivity contribution in [1.29, 1.82) is 0 Å². The first kappa shape index (κ1) is 46.8. The van der Waals surface area contributed by atoms with Gasteiger partial charge in [0, 0.05) is 56.9 Å². The van der Waals surface area contributed by atoms with Gasteiger partial charge in [0.2, 0.25) is 0 Å². The van der Waals surface area contributed by atoms with Crippen molar-refractivity contribution in [1.82, 2.24) is 4.57 Å². The summed E-state index contributed by atoms with van der Waals surface area (Å²) in [5.74, 6) is 1.81. The molecule has 0 saturated carbocycles. The van der Waals surface area contributed by atoms with Gasteiger partial charge < -0.3 is 23.5 Å². The first-order valence-corrected chi connectivity index (χ1v) is 26.7. The zero-order valence-corrected chi connectivity index (χ0v) is 45.4. The standard InChI is InChI=1S/C69H64BN3O2/c1-41-21-22-42(2)52(33-41)43-34-60-66-64(35-43)75-63-31-26-46(69(9,10)11)37-55(63)70(66)54-36-45(68(6,7)8)25-30-57(54)73(60)49-39-58-65(51-18-13-15-19-56(51)71(58)12)59(40-49)72(47-27-23-44(24-28-47)67(3,4)5)48-29-32-62-53(38-48)50-17-14-16-20-61(50)74-62/h13-40H,1-12H3. The average Bonchev–Trinajstić information content (AvgIpc) is 3.92. The van der Waals surface area contributed by atoms with Gasteiger partial charge in [-0.1, -0.05) is 159 Å². The average molecular weight is 978 g/mol. The normalized spacial score (nSPS) is 13.4. The van der Waals surface area contributed by atoms with E-state index < -0.39 is 0 Å². The molecule has 0 radical (unpaired) electrons. The first-order valence-electron chi connectivity index (χ1n) is 26.7. The number of benzene rings is 9. The third kappa shape index (κ3) is 7.50. The van der Waals surface area contributed by atoms with E-state index >= 15 is 0 Å².